The molecule has 0 aliphatic heterocycles. The van der Waals surface area contributed by atoms with E-state index in [-0.39, 0.29) is 23.2 Å². The van der Waals surface area contributed by atoms with Crippen molar-refractivity contribution in [1.29, 1.82) is 0 Å². The fourth-order valence-electron chi connectivity index (χ4n) is 8.72. The molecular weight excluding hydrogens is 1050 g/mol. The molecule has 66 heavy (non-hydrogen) atoms. The lowest BCUT2D eigenvalue weighted by molar-refractivity contribution is -0.119. The summed E-state index contributed by atoms with van der Waals surface area (Å²) >= 11 is 31.3. The van der Waals surface area contributed by atoms with Crippen LogP contribution < -0.4 is 0 Å². The highest BCUT2D eigenvalue weighted by Crippen LogP contribution is 2.34. The summed E-state index contributed by atoms with van der Waals surface area (Å²) in [7, 11) is 0. The van der Waals surface area contributed by atoms with Crippen molar-refractivity contribution < 1.29 is 28.0 Å². The second-order valence-corrected chi connectivity index (χ2v) is 20.2. The predicted molar refractivity (Wildman–Crippen MR) is 268 cm³/mol. The van der Waals surface area contributed by atoms with Crippen molar-refractivity contribution in [1.82, 2.24) is 0 Å². The Morgan fingerprint density at radius 2 is 0.894 bits per heavy atom. The molecule has 0 fully saturated rings. The van der Waals surface area contributed by atoms with E-state index >= 15 is 0 Å². The highest BCUT2D eigenvalue weighted by atomic mass is 79.9. The standard InChI is InChI=1S/2C17H14ClFO.2C10H8BrClO/c18-17-7-4-12-10-14(20)5-6-15(12)16(17)9-11-2-1-3-13(19)8-11;18-17-10-12-4-5-16(20)9-13(12)8-14(17)6-11-2-1-3-15(19)7-11;11-10-8-3-2-7(13)5-6(8)1-4-9(10)12;11-9-4-7-3-8(13)2-1-6(7)5-10(9)12/h1-4,7-8H,5-6,9-10H2;1-3,7-8,10H,4-6,9H2;1,4H,2-3,5H2;4-5H,1-3H2. The molecule has 4 nitrogen and oxygen atoms in total. The molecule has 4 aliphatic carbocycles. The lowest BCUT2D eigenvalue weighted by atomic mass is 9.85. The Morgan fingerprint density at radius 3 is 1.47 bits per heavy atom. The number of benzene rings is 6. The molecule has 10 rings (SSSR count). The minimum absolute atomic E-state index is 0.237. The summed E-state index contributed by atoms with van der Waals surface area (Å²) < 4.78 is 28.3. The van der Waals surface area contributed by atoms with Crippen molar-refractivity contribution in [3.8, 4) is 0 Å². The van der Waals surface area contributed by atoms with E-state index in [0.717, 1.165) is 94.7 Å². The van der Waals surface area contributed by atoms with Crippen molar-refractivity contribution in [2.24, 2.45) is 0 Å². The smallest absolute Gasteiger partial charge is 0.137 e. The lowest BCUT2D eigenvalue weighted by Gasteiger charge is -2.20. The Balaban J connectivity index is 0.000000134. The zero-order valence-electron chi connectivity index (χ0n) is 35.8. The van der Waals surface area contributed by atoms with Gasteiger partial charge >= 0.3 is 0 Å². The summed E-state index contributed by atoms with van der Waals surface area (Å²) in [6.07, 6.45) is 8.92. The van der Waals surface area contributed by atoms with Gasteiger partial charge in [-0.25, -0.2) is 8.78 Å². The zero-order chi connectivity index (χ0) is 47.1. The first kappa shape index (κ1) is 49.9. The summed E-state index contributed by atoms with van der Waals surface area (Å²) in [4.78, 5) is 45.4. The van der Waals surface area contributed by atoms with E-state index in [1.54, 1.807) is 12.1 Å². The molecule has 0 amide bonds. The van der Waals surface area contributed by atoms with Crippen LogP contribution in [0, 0.1) is 11.6 Å². The molecule has 0 unspecified atom stereocenters. The third kappa shape index (κ3) is 13.1. The van der Waals surface area contributed by atoms with Crippen LogP contribution in [0.4, 0.5) is 8.78 Å². The van der Waals surface area contributed by atoms with Crippen molar-refractivity contribution >= 4 is 101 Å². The number of carbonyl (C=O) groups excluding carboxylic acids is 4. The first-order chi connectivity index (χ1) is 31.6. The summed E-state index contributed by atoms with van der Waals surface area (Å²) in [5, 5.41) is 2.85. The first-order valence-electron chi connectivity index (χ1n) is 21.7. The molecule has 4 aliphatic rings. The Bertz CT molecular complexity index is 2850. The number of halogens is 8. The molecular formula is C54H44Br2Cl4F2O4. The molecule has 0 atom stereocenters. The molecule has 6 aromatic carbocycles. The number of carbonyl (C=O) groups is 4. The zero-order valence-corrected chi connectivity index (χ0v) is 42.0. The Labute approximate surface area is 420 Å². The summed E-state index contributed by atoms with van der Waals surface area (Å²) in [5.74, 6) is 0.710. The van der Waals surface area contributed by atoms with E-state index in [2.05, 4.69) is 31.9 Å². The number of fused-ring (bicyclic) bond motifs is 4. The molecule has 6 aromatic rings. The highest BCUT2D eigenvalue weighted by Gasteiger charge is 2.22. The SMILES string of the molecule is O=C1CCc2c(ccc(Cl)c2Br)C1.O=C1CCc2c(ccc(Cl)c2Cc2cccc(F)c2)C1.O=C1CCc2cc(Cl)c(Br)cc2C1.O=C1CCc2cc(Cl)c(Cc3cccc(F)c3)cc2C1. The minimum atomic E-state index is -0.244. The van der Waals surface area contributed by atoms with Gasteiger partial charge in [0.05, 0.1) is 10.0 Å². The normalized spacial score (nSPS) is 14.8. The van der Waals surface area contributed by atoms with E-state index in [0.29, 0.717) is 85.8 Å². The van der Waals surface area contributed by atoms with Gasteiger partial charge in [0, 0.05) is 70.4 Å². The van der Waals surface area contributed by atoms with Crippen molar-refractivity contribution in [2.75, 3.05) is 0 Å². The summed E-state index contributed by atoms with van der Waals surface area (Å²) in [6, 6.07) is 28.5. The fraction of sp³-hybridized carbons (Fsp3) is 0.259. The largest absolute Gasteiger partial charge is 0.299 e. The van der Waals surface area contributed by atoms with Crippen LogP contribution in [0.15, 0.2) is 106 Å². The van der Waals surface area contributed by atoms with Crippen molar-refractivity contribution in [2.45, 2.75) is 89.9 Å². The first-order valence-corrected chi connectivity index (χ1v) is 24.8. The molecule has 12 heteroatoms. The third-order valence-electron chi connectivity index (χ3n) is 12.1. The molecule has 0 heterocycles. The van der Waals surface area contributed by atoms with Crippen molar-refractivity contribution in [3.63, 3.8) is 0 Å². The Morgan fingerprint density at radius 1 is 0.424 bits per heavy atom. The Kier molecular flexibility index (Phi) is 17.3. The molecule has 0 spiro atoms. The predicted octanol–water partition coefficient (Wildman–Crippen LogP) is 14.6. The van der Waals surface area contributed by atoms with Gasteiger partial charge in [-0.15, -0.1) is 0 Å². The maximum atomic E-state index is 13.3. The van der Waals surface area contributed by atoms with Gasteiger partial charge in [-0.3, -0.25) is 19.2 Å². The van der Waals surface area contributed by atoms with Gasteiger partial charge in [0.2, 0.25) is 0 Å². The molecule has 340 valence electrons. The minimum Gasteiger partial charge on any atom is -0.299 e. The lowest BCUT2D eigenvalue weighted by Crippen LogP contribution is -2.15. The number of hydrogen-bond donors (Lipinski definition) is 0. The fourth-order valence-corrected chi connectivity index (χ4v) is 10.6. The highest BCUT2D eigenvalue weighted by molar-refractivity contribution is 9.11. The van der Waals surface area contributed by atoms with E-state index in [1.165, 1.54) is 41.0 Å². The van der Waals surface area contributed by atoms with Gasteiger partial charge in [-0.1, -0.05) is 88.9 Å². The number of aryl methyl sites for hydroxylation is 2. The molecule has 0 saturated heterocycles. The van der Waals surface area contributed by atoms with Crippen LogP contribution >= 0.6 is 78.3 Å². The molecule has 0 N–H and O–H groups in total. The van der Waals surface area contributed by atoms with Crippen molar-refractivity contribution in [3.05, 3.63) is 204 Å². The number of ketones is 4. The van der Waals surface area contributed by atoms with E-state index in [1.807, 2.05) is 60.7 Å². The maximum Gasteiger partial charge on any atom is 0.137 e. The van der Waals surface area contributed by atoms with E-state index < -0.39 is 0 Å². The van der Waals surface area contributed by atoms with E-state index in [9.17, 15) is 28.0 Å². The topological polar surface area (TPSA) is 68.3 Å². The molecule has 0 saturated carbocycles. The van der Waals surface area contributed by atoms with Gasteiger partial charge in [-0.2, -0.15) is 0 Å². The number of Topliss-reactive ketones (excluding diaryl/α,β-unsaturated/α-hetero) is 4. The van der Waals surface area contributed by atoms with Gasteiger partial charge in [0.1, 0.15) is 34.8 Å². The summed E-state index contributed by atoms with van der Waals surface area (Å²) in [6.45, 7) is 0. The maximum absolute atomic E-state index is 13.3. The van der Waals surface area contributed by atoms with Gasteiger partial charge < -0.3 is 0 Å². The van der Waals surface area contributed by atoms with Crippen LogP contribution in [0.2, 0.25) is 20.1 Å². The van der Waals surface area contributed by atoms with Gasteiger partial charge in [-0.05, 0) is 192 Å². The van der Waals surface area contributed by atoms with Crippen LogP contribution in [-0.4, -0.2) is 23.1 Å². The summed E-state index contributed by atoms with van der Waals surface area (Å²) in [5.41, 5.74) is 12.9. The number of hydrogen-bond acceptors (Lipinski definition) is 4. The second kappa shape index (κ2) is 22.9. The second-order valence-electron chi connectivity index (χ2n) is 16.9. The van der Waals surface area contributed by atoms with Gasteiger partial charge in [0.15, 0.2) is 0 Å². The van der Waals surface area contributed by atoms with Crippen LogP contribution in [0.5, 0.6) is 0 Å². The monoisotopic (exact) mass is 1090 g/mol. The van der Waals surface area contributed by atoms with Crippen LogP contribution in [-0.2, 0) is 83.4 Å². The average Bonchev–Trinajstić information content (AvgIpc) is 3.28. The van der Waals surface area contributed by atoms with E-state index in [4.69, 9.17) is 46.4 Å². The van der Waals surface area contributed by atoms with Crippen LogP contribution in [0.1, 0.15) is 92.4 Å². The van der Waals surface area contributed by atoms with Gasteiger partial charge in [0.25, 0.3) is 0 Å². The number of rotatable bonds is 4. The van der Waals surface area contributed by atoms with Crippen LogP contribution in [0.3, 0.4) is 0 Å². The molecule has 0 aromatic heterocycles. The molecule has 0 bridgehead atoms. The Hall–Kier alpha value is -4.02. The molecule has 0 radical (unpaired) electrons. The average molecular weight is 1100 g/mol. The quantitative estimate of drug-likeness (QED) is 0.176. The third-order valence-corrected chi connectivity index (χ3v) is 15.5. The van der Waals surface area contributed by atoms with Crippen LogP contribution in [0.25, 0.3) is 0 Å².